The minimum Gasteiger partial charge on any atom is -0.488 e. The molecule has 0 radical (unpaired) electrons. The highest BCUT2D eigenvalue weighted by Gasteiger charge is 2.23. The largest absolute Gasteiger partial charge is 0.488 e. The van der Waals surface area contributed by atoms with Crippen LogP contribution in [0.2, 0.25) is 0 Å². The quantitative estimate of drug-likeness (QED) is 0.903. The number of ether oxygens (including phenoxy) is 1. The van der Waals surface area contributed by atoms with E-state index >= 15 is 0 Å². The van der Waals surface area contributed by atoms with Crippen molar-refractivity contribution in [2.45, 2.75) is 19.4 Å². The Bertz CT molecular complexity index is 733. The summed E-state index contributed by atoms with van der Waals surface area (Å²) in [4.78, 5) is 12.1. The van der Waals surface area contributed by atoms with Crippen LogP contribution >= 0.6 is 15.9 Å². The number of nitrogens with one attached hydrogen (secondary N) is 1. The summed E-state index contributed by atoms with van der Waals surface area (Å²) in [7, 11) is 0. The minimum absolute atomic E-state index is 0.138. The van der Waals surface area contributed by atoms with Crippen molar-refractivity contribution in [2.75, 3.05) is 6.54 Å². The standard InChI is InChI=1S/C17H15BrFNO2/c1-10-6-11(2-4-15(10)18)17(21)20-9-14-8-12-7-13(19)3-5-16(12)22-14/h2-7,14H,8-9H2,1H3,(H,20,21)/t14-/m1/s1. The first-order valence-corrected chi connectivity index (χ1v) is 7.81. The molecule has 0 bridgehead atoms. The van der Waals surface area contributed by atoms with Gasteiger partial charge >= 0.3 is 0 Å². The maximum atomic E-state index is 13.2. The predicted octanol–water partition coefficient (Wildman–Crippen LogP) is 3.63. The molecule has 5 heteroatoms. The Kier molecular flexibility index (Phi) is 4.16. The number of amides is 1. The zero-order valence-corrected chi connectivity index (χ0v) is 13.6. The average molecular weight is 364 g/mol. The number of carbonyl (C=O) groups excluding carboxylic acids is 1. The van der Waals surface area contributed by atoms with Gasteiger partial charge in [0.25, 0.3) is 5.91 Å². The third-order valence-corrected chi connectivity index (χ3v) is 4.56. The molecule has 22 heavy (non-hydrogen) atoms. The van der Waals surface area contributed by atoms with Crippen molar-refractivity contribution in [2.24, 2.45) is 0 Å². The number of hydrogen-bond acceptors (Lipinski definition) is 2. The van der Waals surface area contributed by atoms with E-state index in [1.165, 1.54) is 12.1 Å². The van der Waals surface area contributed by atoms with Gasteiger partial charge in [-0.3, -0.25) is 4.79 Å². The van der Waals surface area contributed by atoms with Crippen molar-refractivity contribution in [1.82, 2.24) is 5.32 Å². The molecule has 2 aromatic carbocycles. The number of aryl methyl sites for hydroxylation is 1. The SMILES string of the molecule is Cc1cc(C(=O)NC[C@H]2Cc3cc(F)ccc3O2)ccc1Br. The van der Waals surface area contributed by atoms with Crippen LogP contribution < -0.4 is 10.1 Å². The maximum Gasteiger partial charge on any atom is 0.251 e. The van der Waals surface area contributed by atoms with Gasteiger partial charge in [0.1, 0.15) is 17.7 Å². The Hall–Kier alpha value is -1.88. The molecule has 2 aromatic rings. The third kappa shape index (κ3) is 3.14. The molecule has 1 aliphatic heterocycles. The van der Waals surface area contributed by atoms with Crippen LogP contribution in [0.15, 0.2) is 40.9 Å². The Balaban J connectivity index is 1.59. The van der Waals surface area contributed by atoms with Crippen molar-refractivity contribution >= 4 is 21.8 Å². The van der Waals surface area contributed by atoms with Crippen molar-refractivity contribution in [3.05, 3.63) is 63.4 Å². The minimum atomic E-state index is -0.266. The van der Waals surface area contributed by atoms with Gasteiger partial charge < -0.3 is 10.1 Å². The molecule has 0 saturated heterocycles. The second-order valence-electron chi connectivity index (χ2n) is 5.37. The summed E-state index contributed by atoms with van der Waals surface area (Å²) >= 11 is 3.41. The van der Waals surface area contributed by atoms with E-state index in [2.05, 4.69) is 21.2 Å². The molecule has 3 nitrogen and oxygen atoms in total. The van der Waals surface area contributed by atoms with Gasteiger partial charge in [0.15, 0.2) is 0 Å². The molecule has 1 heterocycles. The normalized spacial score (nSPS) is 16.0. The number of hydrogen-bond donors (Lipinski definition) is 1. The molecule has 0 aromatic heterocycles. The van der Waals surface area contributed by atoms with Crippen LogP contribution in [-0.2, 0) is 6.42 Å². The summed E-state index contributed by atoms with van der Waals surface area (Å²) in [6.45, 7) is 2.33. The first-order chi connectivity index (χ1) is 10.5. The number of carbonyl (C=O) groups is 1. The third-order valence-electron chi connectivity index (χ3n) is 3.67. The van der Waals surface area contributed by atoms with Crippen LogP contribution in [0.5, 0.6) is 5.75 Å². The molecule has 1 aliphatic rings. The molecule has 1 atom stereocenters. The molecule has 1 amide bonds. The fourth-order valence-corrected chi connectivity index (χ4v) is 2.74. The van der Waals surface area contributed by atoms with Gasteiger partial charge in [0, 0.05) is 22.0 Å². The van der Waals surface area contributed by atoms with Crippen LogP contribution in [0.3, 0.4) is 0 Å². The summed E-state index contributed by atoms with van der Waals surface area (Å²) < 4.78 is 19.8. The molecule has 0 saturated carbocycles. The van der Waals surface area contributed by atoms with Gasteiger partial charge in [-0.05, 0) is 48.9 Å². The lowest BCUT2D eigenvalue weighted by Gasteiger charge is -2.12. The average Bonchev–Trinajstić information content (AvgIpc) is 2.89. The second-order valence-corrected chi connectivity index (χ2v) is 6.22. The molecule has 1 N–H and O–H groups in total. The molecule has 0 spiro atoms. The van der Waals surface area contributed by atoms with Gasteiger partial charge in [-0.25, -0.2) is 4.39 Å². The van der Waals surface area contributed by atoms with Crippen molar-refractivity contribution in [3.63, 3.8) is 0 Å². The zero-order valence-electron chi connectivity index (χ0n) is 12.0. The van der Waals surface area contributed by atoms with E-state index in [4.69, 9.17) is 4.74 Å². The van der Waals surface area contributed by atoms with Crippen LogP contribution in [0.4, 0.5) is 4.39 Å². The van der Waals surface area contributed by atoms with Gasteiger partial charge in [-0.2, -0.15) is 0 Å². The summed E-state index contributed by atoms with van der Waals surface area (Å²) in [6.07, 6.45) is 0.449. The summed E-state index contributed by atoms with van der Waals surface area (Å²) in [5.74, 6) is 0.291. The Labute approximate surface area is 136 Å². The Morgan fingerprint density at radius 2 is 2.18 bits per heavy atom. The highest BCUT2D eigenvalue weighted by atomic mass is 79.9. The van der Waals surface area contributed by atoms with Gasteiger partial charge in [-0.15, -0.1) is 0 Å². The second kappa shape index (κ2) is 6.08. The molecule has 3 rings (SSSR count). The maximum absolute atomic E-state index is 13.2. The molecular weight excluding hydrogens is 349 g/mol. The number of benzene rings is 2. The van der Waals surface area contributed by atoms with E-state index in [1.807, 2.05) is 19.1 Å². The first-order valence-electron chi connectivity index (χ1n) is 7.02. The van der Waals surface area contributed by atoms with Crippen molar-refractivity contribution in [1.29, 1.82) is 0 Å². The lowest BCUT2D eigenvalue weighted by Crippen LogP contribution is -2.34. The van der Waals surface area contributed by atoms with Crippen molar-refractivity contribution < 1.29 is 13.9 Å². The highest BCUT2D eigenvalue weighted by molar-refractivity contribution is 9.10. The van der Waals surface area contributed by atoms with Gasteiger partial charge in [-0.1, -0.05) is 15.9 Å². The lowest BCUT2D eigenvalue weighted by atomic mass is 10.1. The van der Waals surface area contributed by atoms with Crippen LogP contribution in [0.25, 0.3) is 0 Å². The van der Waals surface area contributed by atoms with E-state index in [0.29, 0.717) is 24.3 Å². The Morgan fingerprint density at radius 1 is 1.36 bits per heavy atom. The topological polar surface area (TPSA) is 38.3 Å². The summed E-state index contributed by atoms with van der Waals surface area (Å²) in [5.41, 5.74) is 2.47. The van der Waals surface area contributed by atoms with Crippen LogP contribution in [-0.4, -0.2) is 18.6 Å². The smallest absolute Gasteiger partial charge is 0.251 e. The van der Waals surface area contributed by atoms with Crippen LogP contribution in [0.1, 0.15) is 21.5 Å². The van der Waals surface area contributed by atoms with Gasteiger partial charge in [0.2, 0.25) is 0 Å². The predicted molar refractivity (Wildman–Crippen MR) is 85.7 cm³/mol. The van der Waals surface area contributed by atoms with Crippen molar-refractivity contribution in [3.8, 4) is 5.75 Å². The molecular formula is C17H15BrFNO2. The lowest BCUT2D eigenvalue weighted by molar-refractivity contribution is 0.0933. The van der Waals surface area contributed by atoms with E-state index in [-0.39, 0.29) is 17.8 Å². The first kappa shape index (κ1) is 15.0. The summed E-state index contributed by atoms with van der Waals surface area (Å²) in [6, 6.07) is 9.95. The molecule has 0 unspecified atom stereocenters. The van der Waals surface area contributed by atoms with Crippen LogP contribution in [0, 0.1) is 12.7 Å². The Morgan fingerprint density at radius 3 is 2.95 bits per heavy atom. The van der Waals surface area contributed by atoms with E-state index in [9.17, 15) is 9.18 Å². The van der Waals surface area contributed by atoms with Gasteiger partial charge in [0.05, 0.1) is 6.54 Å². The zero-order chi connectivity index (χ0) is 15.7. The molecule has 114 valence electrons. The monoisotopic (exact) mass is 363 g/mol. The van der Waals surface area contributed by atoms with E-state index in [1.54, 1.807) is 12.1 Å². The number of rotatable bonds is 3. The molecule has 0 fully saturated rings. The molecule has 0 aliphatic carbocycles. The fourth-order valence-electron chi connectivity index (χ4n) is 2.50. The number of halogens is 2. The summed E-state index contributed by atoms with van der Waals surface area (Å²) in [5, 5.41) is 2.86. The van der Waals surface area contributed by atoms with E-state index < -0.39 is 0 Å². The highest BCUT2D eigenvalue weighted by Crippen LogP contribution is 2.29. The number of fused-ring (bicyclic) bond motifs is 1. The fraction of sp³-hybridized carbons (Fsp3) is 0.235. The van der Waals surface area contributed by atoms with E-state index in [0.717, 1.165) is 15.6 Å².